The zero-order valence-corrected chi connectivity index (χ0v) is 9.72. The fourth-order valence-corrected chi connectivity index (χ4v) is 1.49. The minimum absolute atomic E-state index is 0.0467. The lowest BCUT2D eigenvalue weighted by atomic mass is 10.2. The van der Waals surface area contributed by atoms with Gasteiger partial charge >= 0.3 is 0 Å². The van der Waals surface area contributed by atoms with Crippen LogP contribution in [-0.2, 0) is 0 Å². The summed E-state index contributed by atoms with van der Waals surface area (Å²) < 4.78 is 5.72. The molecule has 0 fully saturated rings. The summed E-state index contributed by atoms with van der Waals surface area (Å²) >= 11 is 3.16. The molecule has 0 aliphatic rings. The molecule has 0 saturated carbocycles. The first kappa shape index (κ1) is 11.3. The molecular formula is C9H13BrN2O2. The normalized spacial score (nSPS) is 12.6. The van der Waals surface area contributed by atoms with Gasteiger partial charge in [-0.05, 0) is 29.8 Å². The summed E-state index contributed by atoms with van der Waals surface area (Å²) in [6, 6.07) is 1.60. The lowest BCUT2D eigenvalue weighted by Gasteiger charge is -2.06. The molecule has 14 heavy (non-hydrogen) atoms. The molecule has 1 amide bonds. The third kappa shape index (κ3) is 2.85. The lowest BCUT2D eigenvalue weighted by molar-refractivity contribution is 0.0950. The number of halogens is 1. The largest absolute Gasteiger partial charge is 0.454 e. The van der Waals surface area contributed by atoms with Crippen LogP contribution in [0.5, 0.6) is 0 Å². The Balaban J connectivity index is 2.65. The number of rotatable bonds is 3. The van der Waals surface area contributed by atoms with Crippen LogP contribution in [0.2, 0.25) is 0 Å². The Kier molecular flexibility index (Phi) is 3.71. The molecule has 0 aliphatic heterocycles. The number of furan rings is 1. The molecular weight excluding hydrogens is 248 g/mol. The van der Waals surface area contributed by atoms with Crippen molar-refractivity contribution in [2.24, 2.45) is 5.73 Å². The Morgan fingerprint density at radius 3 is 2.86 bits per heavy atom. The standard InChI is InChI=1S/C9H13BrN2O2/c1-5(11)4-12-9(13)7-3-8(10)14-6(7)2/h3,5H,4,11H2,1-2H3,(H,12,13). The highest BCUT2D eigenvalue weighted by Crippen LogP contribution is 2.19. The van der Waals surface area contributed by atoms with Gasteiger partial charge < -0.3 is 15.5 Å². The molecule has 0 spiro atoms. The van der Waals surface area contributed by atoms with Crippen LogP contribution in [-0.4, -0.2) is 18.5 Å². The summed E-state index contributed by atoms with van der Waals surface area (Å²) in [7, 11) is 0. The molecule has 1 unspecified atom stereocenters. The third-order valence-electron chi connectivity index (χ3n) is 1.72. The van der Waals surface area contributed by atoms with E-state index >= 15 is 0 Å². The van der Waals surface area contributed by atoms with Crippen molar-refractivity contribution in [1.82, 2.24) is 5.32 Å². The quantitative estimate of drug-likeness (QED) is 0.864. The van der Waals surface area contributed by atoms with Gasteiger partial charge in [0.25, 0.3) is 5.91 Å². The van der Waals surface area contributed by atoms with Gasteiger partial charge in [-0.2, -0.15) is 0 Å². The molecule has 1 heterocycles. The van der Waals surface area contributed by atoms with Crippen LogP contribution in [0.25, 0.3) is 0 Å². The van der Waals surface area contributed by atoms with E-state index in [1.807, 2.05) is 6.92 Å². The average molecular weight is 261 g/mol. The molecule has 1 aromatic rings. The highest BCUT2D eigenvalue weighted by molar-refractivity contribution is 9.10. The lowest BCUT2D eigenvalue weighted by Crippen LogP contribution is -2.35. The predicted octanol–water partition coefficient (Wildman–Crippen LogP) is 1.43. The average Bonchev–Trinajstić information content (AvgIpc) is 2.41. The van der Waals surface area contributed by atoms with E-state index in [-0.39, 0.29) is 11.9 Å². The number of carbonyl (C=O) groups excluding carboxylic acids is 1. The summed E-state index contributed by atoms with van der Waals surface area (Å²) in [6.45, 7) is 4.03. The number of hydrogen-bond donors (Lipinski definition) is 2. The first-order chi connectivity index (χ1) is 6.50. The van der Waals surface area contributed by atoms with Crippen molar-refractivity contribution in [3.8, 4) is 0 Å². The molecule has 0 saturated heterocycles. The zero-order valence-electron chi connectivity index (χ0n) is 8.13. The summed E-state index contributed by atoms with van der Waals surface area (Å²) in [5, 5.41) is 2.71. The molecule has 0 aliphatic carbocycles. The Morgan fingerprint density at radius 1 is 1.79 bits per heavy atom. The van der Waals surface area contributed by atoms with Gasteiger partial charge in [-0.3, -0.25) is 4.79 Å². The van der Waals surface area contributed by atoms with Gasteiger partial charge in [0.05, 0.1) is 5.56 Å². The Hall–Kier alpha value is -0.810. The van der Waals surface area contributed by atoms with Gasteiger partial charge in [0.1, 0.15) is 5.76 Å². The highest BCUT2D eigenvalue weighted by Gasteiger charge is 2.13. The first-order valence-electron chi connectivity index (χ1n) is 4.30. The van der Waals surface area contributed by atoms with E-state index in [4.69, 9.17) is 10.2 Å². The molecule has 1 aromatic heterocycles. The van der Waals surface area contributed by atoms with Crippen molar-refractivity contribution >= 4 is 21.8 Å². The van der Waals surface area contributed by atoms with Crippen LogP contribution in [0.3, 0.4) is 0 Å². The van der Waals surface area contributed by atoms with Crippen LogP contribution in [0.4, 0.5) is 0 Å². The minimum atomic E-state index is -0.158. The summed E-state index contributed by atoms with van der Waals surface area (Å²) in [4.78, 5) is 11.5. The Labute approximate surface area is 91.0 Å². The van der Waals surface area contributed by atoms with E-state index in [0.717, 1.165) is 0 Å². The number of hydrogen-bond acceptors (Lipinski definition) is 3. The molecule has 1 rings (SSSR count). The second-order valence-corrected chi connectivity index (χ2v) is 3.99. The van der Waals surface area contributed by atoms with Crippen molar-refractivity contribution < 1.29 is 9.21 Å². The second kappa shape index (κ2) is 4.61. The molecule has 0 aromatic carbocycles. The smallest absolute Gasteiger partial charge is 0.254 e. The summed E-state index contributed by atoms with van der Waals surface area (Å²) in [5.74, 6) is 0.438. The third-order valence-corrected chi connectivity index (χ3v) is 2.11. The van der Waals surface area contributed by atoms with Gasteiger partial charge in [-0.15, -0.1) is 0 Å². The van der Waals surface area contributed by atoms with Gasteiger partial charge in [-0.25, -0.2) is 0 Å². The Morgan fingerprint density at radius 2 is 2.43 bits per heavy atom. The predicted molar refractivity (Wildman–Crippen MR) is 57.1 cm³/mol. The van der Waals surface area contributed by atoms with Crippen molar-refractivity contribution in [2.75, 3.05) is 6.54 Å². The van der Waals surface area contributed by atoms with E-state index in [1.165, 1.54) is 0 Å². The summed E-state index contributed by atoms with van der Waals surface area (Å²) in [6.07, 6.45) is 0. The zero-order chi connectivity index (χ0) is 10.7. The number of amides is 1. The van der Waals surface area contributed by atoms with Gasteiger partial charge in [0.2, 0.25) is 0 Å². The number of nitrogens with two attached hydrogens (primary N) is 1. The highest BCUT2D eigenvalue weighted by atomic mass is 79.9. The van der Waals surface area contributed by atoms with Crippen LogP contribution in [0.15, 0.2) is 15.2 Å². The molecule has 1 atom stereocenters. The number of nitrogens with one attached hydrogen (secondary N) is 1. The van der Waals surface area contributed by atoms with Gasteiger partial charge in [-0.1, -0.05) is 0 Å². The fourth-order valence-electron chi connectivity index (χ4n) is 1.02. The van der Waals surface area contributed by atoms with Gasteiger partial charge in [0, 0.05) is 18.7 Å². The first-order valence-corrected chi connectivity index (χ1v) is 5.09. The van der Waals surface area contributed by atoms with E-state index in [2.05, 4.69) is 21.2 Å². The van der Waals surface area contributed by atoms with Crippen molar-refractivity contribution in [2.45, 2.75) is 19.9 Å². The topological polar surface area (TPSA) is 68.3 Å². The summed E-state index contributed by atoms with van der Waals surface area (Å²) in [5.41, 5.74) is 6.05. The Bertz CT molecular complexity index is 334. The van der Waals surface area contributed by atoms with Gasteiger partial charge in [0.15, 0.2) is 4.67 Å². The maximum absolute atomic E-state index is 11.5. The van der Waals surface area contributed by atoms with E-state index in [0.29, 0.717) is 22.5 Å². The second-order valence-electron chi connectivity index (χ2n) is 3.21. The van der Waals surface area contributed by atoms with Crippen LogP contribution < -0.4 is 11.1 Å². The molecule has 3 N–H and O–H groups in total. The molecule has 0 radical (unpaired) electrons. The number of aryl methyl sites for hydroxylation is 1. The minimum Gasteiger partial charge on any atom is -0.454 e. The monoisotopic (exact) mass is 260 g/mol. The van der Waals surface area contributed by atoms with E-state index in [1.54, 1.807) is 13.0 Å². The van der Waals surface area contributed by atoms with Crippen molar-refractivity contribution in [3.05, 3.63) is 22.1 Å². The van der Waals surface area contributed by atoms with Crippen LogP contribution >= 0.6 is 15.9 Å². The fraction of sp³-hybridized carbons (Fsp3) is 0.444. The van der Waals surface area contributed by atoms with Crippen LogP contribution in [0, 0.1) is 6.92 Å². The van der Waals surface area contributed by atoms with Crippen molar-refractivity contribution in [1.29, 1.82) is 0 Å². The molecule has 78 valence electrons. The maximum Gasteiger partial charge on any atom is 0.254 e. The SMILES string of the molecule is Cc1oc(Br)cc1C(=O)NCC(C)N. The molecule has 5 heteroatoms. The van der Waals surface area contributed by atoms with Crippen LogP contribution in [0.1, 0.15) is 23.0 Å². The van der Waals surface area contributed by atoms with E-state index in [9.17, 15) is 4.79 Å². The molecule has 0 bridgehead atoms. The van der Waals surface area contributed by atoms with E-state index < -0.39 is 0 Å². The number of carbonyl (C=O) groups is 1. The maximum atomic E-state index is 11.5. The molecule has 4 nitrogen and oxygen atoms in total. The van der Waals surface area contributed by atoms with Crippen molar-refractivity contribution in [3.63, 3.8) is 0 Å².